The Kier molecular flexibility index (Phi) is 6.47. The van der Waals surface area contributed by atoms with Gasteiger partial charge in [-0.3, -0.25) is 4.79 Å². The molecule has 5 heteroatoms. The van der Waals surface area contributed by atoms with Crippen molar-refractivity contribution in [2.24, 2.45) is 0 Å². The van der Waals surface area contributed by atoms with Gasteiger partial charge in [-0.15, -0.1) is 0 Å². The zero-order valence-electron chi connectivity index (χ0n) is 13.3. The van der Waals surface area contributed by atoms with E-state index in [9.17, 15) is 4.79 Å². The van der Waals surface area contributed by atoms with E-state index in [1.807, 2.05) is 49.4 Å². The zero-order chi connectivity index (χ0) is 16.7. The first-order valence-corrected chi connectivity index (χ1v) is 8.20. The van der Waals surface area contributed by atoms with Crippen LogP contribution in [0.1, 0.15) is 18.4 Å². The highest BCUT2D eigenvalue weighted by Gasteiger charge is 2.04. The second-order valence-electron chi connectivity index (χ2n) is 5.16. The lowest BCUT2D eigenvalue weighted by Gasteiger charge is -2.09. The van der Waals surface area contributed by atoms with Crippen LogP contribution in [0.2, 0.25) is 0 Å². The normalized spacial score (nSPS) is 10.2. The average molecular weight is 378 g/mol. The Balaban J connectivity index is 1.72. The van der Waals surface area contributed by atoms with Gasteiger partial charge in [-0.2, -0.15) is 0 Å². The first kappa shape index (κ1) is 17.3. The molecule has 0 atom stereocenters. The molecule has 0 aliphatic carbocycles. The number of hydrogen-bond donors (Lipinski definition) is 1. The average Bonchev–Trinajstić information content (AvgIpc) is 2.54. The van der Waals surface area contributed by atoms with Gasteiger partial charge in [0.1, 0.15) is 11.5 Å². The molecule has 0 aliphatic rings. The van der Waals surface area contributed by atoms with Crippen molar-refractivity contribution < 1.29 is 14.3 Å². The summed E-state index contributed by atoms with van der Waals surface area (Å²) in [7, 11) is 1.61. The van der Waals surface area contributed by atoms with Crippen molar-refractivity contribution in [3.63, 3.8) is 0 Å². The fourth-order valence-corrected chi connectivity index (χ4v) is 2.64. The summed E-state index contributed by atoms with van der Waals surface area (Å²) in [6.07, 6.45) is 1.07. The summed E-state index contributed by atoms with van der Waals surface area (Å²) in [6, 6.07) is 13.2. The summed E-state index contributed by atoms with van der Waals surface area (Å²) >= 11 is 3.47. The number of carbonyl (C=O) groups excluding carboxylic acids is 1. The molecule has 1 amide bonds. The summed E-state index contributed by atoms with van der Waals surface area (Å²) < 4.78 is 11.7. The van der Waals surface area contributed by atoms with E-state index in [-0.39, 0.29) is 5.91 Å². The maximum absolute atomic E-state index is 11.9. The van der Waals surface area contributed by atoms with Crippen molar-refractivity contribution in [3.8, 4) is 11.5 Å². The Labute approximate surface area is 144 Å². The number of amides is 1. The number of benzene rings is 2. The van der Waals surface area contributed by atoms with E-state index in [2.05, 4.69) is 21.2 Å². The Hall–Kier alpha value is -2.01. The van der Waals surface area contributed by atoms with Gasteiger partial charge >= 0.3 is 0 Å². The number of aryl methyl sites for hydroxylation is 1. The molecule has 4 nitrogen and oxygen atoms in total. The Bertz CT molecular complexity index is 656. The van der Waals surface area contributed by atoms with Gasteiger partial charge < -0.3 is 14.8 Å². The maximum Gasteiger partial charge on any atom is 0.224 e. The lowest BCUT2D eigenvalue weighted by Crippen LogP contribution is -2.12. The van der Waals surface area contributed by atoms with E-state index in [0.717, 1.165) is 21.7 Å². The molecule has 1 N–H and O–H groups in total. The summed E-state index contributed by atoms with van der Waals surface area (Å²) in [4.78, 5) is 11.9. The van der Waals surface area contributed by atoms with Crippen molar-refractivity contribution in [1.29, 1.82) is 0 Å². The fraction of sp³-hybridized carbons (Fsp3) is 0.278. The molecule has 0 spiro atoms. The molecule has 2 rings (SSSR count). The van der Waals surface area contributed by atoms with Crippen LogP contribution in [0.5, 0.6) is 11.5 Å². The van der Waals surface area contributed by atoms with Crippen molar-refractivity contribution in [1.82, 2.24) is 0 Å². The molecule has 0 heterocycles. The third-order valence-electron chi connectivity index (χ3n) is 3.27. The number of rotatable bonds is 7. The van der Waals surface area contributed by atoms with Gasteiger partial charge in [0.15, 0.2) is 0 Å². The van der Waals surface area contributed by atoms with E-state index in [4.69, 9.17) is 9.47 Å². The van der Waals surface area contributed by atoms with Gasteiger partial charge in [-0.1, -0.05) is 6.07 Å². The van der Waals surface area contributed by atoms with Gasteiger partial charge in [0.2, 0.25) is 5.91 Å². The molecule has 0 saturated heterocycles. The van der Waals surface area contributed by atoms with E-state index < -0.39 is 0 Å². The number of hydrogen-bond acceptors (Lipinski definition) is 3. The number of anilines is 1. The summed E-state index contributed by atoms with van der Waals surface area (Å²) in [5, 5.41) is 2.85. The third kappa shape index (κ3) is 5.60. The molecular formula is C18H20BrNO3. The van der Waals surface area contributed by atoms with Crippen LogP contribution in [-0.4, -0.2) is 19.6 Å². The summed E-state index contributed by atoms with van der Waals surface area (Å²) in [6.45, 7) is 2.52. The Morgan fingerprint density at radius 2 is 1.91 bits per heavy atom. The number of carbonyl (C=O) groups is 1. The predicted molar refractivity (Wildman–Crippen MR) is 95.2 cm³/mol. The topological polar surface area (TPSA) is 47.6 Å². The largest absolute Gasteiger partial charge is 0.497 e. The highest BCUT2D eigenvalue weighted by atomic mass is 79.9. The highest BCUT2D eigenvalue weighted by molar-refractivity contribution is 9.10. The minimum absolute atomic E-state index is 0.0262. The lowest BCUT2D eigenvalue weighted by molar-refractivity contribution is -0.116. The molecule has 0 saturated carbocycles. The highest BCUT2D eigenvalue weighted by Crippen LogP contribution is 2.25. The minimum Gasteiger partial charge on any atom is -0.497 e. The first-order valence-electron chi connectivity index (χ1n) is 7.41. The van der Waals surface area contributed by atoms with Crippen LogP contribution >= 0.6 is 15.9 Å². The fourth-order valence-electron chi connectivity index (χ4n) is 2.04. The molecule has 122 valence electrons. The molecule has 2 aromatic rings. The zero-order valence-corrected chi connectivity index (χ0v) is 14.9. The van der Waals surface area contributed by atoms with Crippen LogP contribution in [0.4, 0.5) is 5.69 Å². The second-order valence-corrected chi connectivity index (χ2v) is 6.02. The van der Waals surface area contributed by atoms with Gasteiger partial charge in [-0.05, 0) is 71.2 Å². The van der Waals surface area contributed by atoms with Crippen molar-refractivity contribution in [3.05, 3.63) is 52.5 Å². The van der Waals surface area contributed by atoms with Crippen molar-refractivity contribution in [2.75, 3.05) is 19.0 Å². The number of methoxy groups -OCH3 is 1. The SMILES string of the molecule is COc1ccc(NC(=O)CCCOc2ccc(C)cc2Br)cc1. The summed E-state index contributed by atoms with van der Waals surface area (Å²) in [5.41, 5.74) is 1.93. The molecule has 0 unspecified atom stereocenters. The van der Waals surface area contributed by atoms with E-state index >= 15 is 0 Å². The molecule has 2 aromatic carbocycles. The maximum atomic E-state index is 11.9. The Morgan fingerprint density at radius 1 is 1.17 bits per heavy atom. The van der Waals surface area contributed by atoms with E-state index in [0.29, 0.717) is 19.4 Å². The van der Waals surface area contributed by atoms with Crippen LogP contribution < -0.4 is 14.8 Å². The summed E-state index contributed by atoms with van der Waals surface area (Å²) in [5.74, 6) is 1.54. The molecule has 0 bridgehead atoms. The molecule has 0 aliphatic heterocycles. The van der Waals surface area contributed by atoms with Crippen LogP contribution in [0, 0.1) is 6.92 Å². The predicted octanol–water partition coefficient (Wildman–Crippen LogP) is 4.56. The van der Waals surface area contributed by atoms with Gasteiger partial charge in [-0.25, -0.2) is 0 Å². The first-order chi connectivity index (χ1) is 11.1. The van der Waals surface area contributed by atoms with Gasteiger partial charge in [0.25, 0.3) is 0 Å². The second kappa shape index (κ2) is 8.58. The lowest BCUT2D eigenvalue weighted by atomic mass is 10.2. The van der Waals surface area contributed by atoms with Gasteiger partial charge in [0.05, 0.1) is 18.2 Å². The standard InChI is InChI=1S/C18H20BrNO3/c1-13-5-10-17(16(19)12-13)23-11-3-4-18(21)20-14-6-8-15(22-2)9-7-14/h5-10,12H,3-4,11H2,1-2H3,(H,20,21). The molecule has 0 fully saturated rings. The number of ether oxygens (including phenoxy) is 2. The molecule has 0 aromatic heterocycles. The van der Waals surface area contributed by atoms with Crippen molar-refractivity contribution >= 4 is 27.5 Å². The van der Waals surface area contributed by atoms with Gasteiger partial charge in [0, 0.05) is 12.1 Å². The minimum atomic E-state index is -0.0262. The number of halogens is 1. The van der Waals surface area contributed by atoms with E-state index in [1.54, 1.807) is 7.11 Å². The van der Waals surface area contributed by atoms with E-state index in [1.165, 1.54) is 5.56 Å². The quantitative estimate of drug-likeness (QED) is 0.719. The van der Waals surface area contributed by atoms with Crippen LogP contribution in [0.15, 0.2) is 46.9 Å². The van der Waals surface area contributed by atoms with Crippen molar-refractivity contribution in [2.45, 2.75) is 19.8 Å². The molecule has 0 radical (unpaired) electrons. The monoisotopic (exact) mass is 377 g/mol. The van der Waals surface area contributed by atoms with Crippen LogP contribution in [0.3, 0.4) is 0 Å². The Morgan fingerprint density at radius 3 is 2.57 bits per heavy atom. The number of nitrogens with one attached hydrogen (secondary N) is 1. The molecular weight excluding hydrogens is 358 g/mol. The third-order valence-corrected chi connectivity index (χ3v) is 3.89. The molecule has 23 heavy (non-hydrogen) atoms. The smallest absolute Gasteiger partial charge is 0.224 e. The van der Waals surface area contributed by atoms with Crippen LogP contribution in [-0.2, 0) is 4.79 Å². The van der Waals surface area contributed by atoms with Crippen LogP contribution in [0.25, 0.3) is 0 Å².